The van der Waals surface area contributed by atoms with Gasteiger partial charge in [-0.3, -0.25) is 4.79 Å². The molecule has 0 fully saturated rings. The second kappa shape index (κ2) is 5.10. The number of ether oxygens (including phenoxy) is 1. The lowest BCUT2D eigenvalue weighted by molar-refractivity contribution is 0.446. The maximum Gasteiger partial charge on any atom is 0.313 e. The third-order valence-electron chi connectivity index (χ3n) is 2.38. The lowest BCUT2D eigenvalue weighted by Crippen LogP contribution is -2.20. The summed E-state index contributed by atoms with van der Waals surface area (Å²) in [6.07, 6.45) is 3.09. The van der Waals surface area contributed by atoms with Crippen LogP contribution in [0.15, 0.2) is 35.4 Å². The third kappa shape index (κ3) is 2.46. The van der Waals surface area contributed by atoms with Crippen molar-refractivity contribution in [3.8, 4) is 11.6 Å². The first-order valence-corrected chi connectivity index (χ1v) is 5.78. The van der Waals surface area contributed by atoms with E-state index in [2.05, 4.69) is 4.98 Å². The largest absolute Gasteiger partial charge is 0.433 e. The molecule has 0 amide bonds. The van der Waals surface area contributed by atoms with Crippen molar-refractivity contribution in [3.63, 3.8) is 0 Å². The highest BCUT2D eigenvalue weighted by atomic mass is 35.5. The first-order valence-electron chi connectivity index (χ1n) is 5.40. The van der Waals surface area contributed by atoms with Crippen LogP contribution in [0.4, 0.5) is 5.69 Å². The van der Waals surface area contributed by atoms with Crippen LogP contribution in [0.3, 0.4) is 0 Å². The minimum atomic E-state index is -0.307. The van der Waals surface area contributed by atoms with Crippen molar-refractivity contribution in [2.75, 3.05) is 5.73 Å². The molecule has 0 radical (unpaired) electrons. The molecule has 5 nitrogen and oxygen atoms in total. The van der Waals surface area contributed by atoms with E-state index in [1.54, 1.807) is 24.4 Å². The van der Waals surface area contributed by atoms with Crippen molar-refractivity contribution in [2.45, 2.75) is 13.5 Å². The van der Waals surface area contributed by atoms with Crippen LogP contribution in [0.1, 0.15) is 6.92 Å². The Morgan fingerprint density at radius 2 is 2.28 bits per heavy atom. The highest BCUT2D eigenvalue weighted by Crippen LogP contribution is 2.28. The fraction of sp³-hybridized carbons (Fsp3) is 0.167. The van der Waals surface area contributed by atoms with Gasteiger partial charge in [0.2, 0.25) is 0 Å². The third-order valence-corrected chi connectivity index (χ3v) is 2.70. The Labute approximate surface area is 109 Å². The predicted octanol–water partition coefficient (Wildman–Crippen LogP) is 2.29. The summed E-state index contributed by atoms with van der Waals surface area (Å²) in [5.41, 5.74) is 5.83. The van der Waals surface area contributed by atoms with E-state index in [0.717, 1.165) is 0 Å². The average molecular weight is 266 g/mol. The summed E-state index contributed by atoms with van der Waals surface area (Å²) in [5.74, 6) is 0.293. The molecule has 1 aromatic heterocycles. The molecule has 0 aliphatic heterocycles. The van der Waals surface area contributed by atoms with Gasteiger partial charge in [0, 0.05) is 30.7 Å². The zero-order valence-electron chi connectivity index (χ0n) is 9.76. The molecule has 2 aromatic rings. The molecule has 0 bridgehead atoms. The Hall–Kier alpha value is -2.01. The summed E-state index contributed by atoms with van der Waals surface area (Å²) in [5, 5.41) is 0.373. The number of nitrogens with zero attached hydrogens (tertiary/aromatic N) is 2. The number of aryl methyl sites for hydroxylation is 1. The second-order valence-electron chi connectivity index (χ2n) is 3.62. The van der Waals surface area contributed by atoms with Gasteiger partial charge in [-0.25, -0.2) is 4.98 Å². The van der Waals surface area contributed by atoms with Gasteiger partial charge in [-0.05, 0) is 19.1 Å². The molecule has 0 aliphatic rings. The van der Waals surface area contributed by atoms with Crippen molar-refractivity contribution in [2.24, 2.45) is 0 Å². The van der Waals surface area contributed by atoms with E-state index >= 15 is 0 Å². The monoisotopic (exact) mass is 265 g/mol. The van der Waals surface area contributed by atoms with Gasteiger partial charge >= 0.3 is 5.56 Å². The van der Waals surface area contributed by atoms with Gasteiger partial charge in [-0.2, -0.15) is 0 Å². The number of anilines is 1. The standard InChI is InChI=1S/C12H12ClN3O2/c1-2-16-6-5-15-11(12(16)17)18-10-7-8(14)3-4-9(10)13/h3-7H,2,14H2,1H3. The van der Waals surface area contributed by atoms with Gasteiger partial charge in [0.25, 0.3) is 5.88 Å². The quantitative estimate of drug-likeness (QED) is 0.865. The van der Waals surface area contributed by atoms with E-state index < -0.39 is 0 Å². The van der Waals surface area contributed by atoms with E-state index in [1.165, 1.54) is 10.8 Å². The molecule has 2 rings (SSSR count). The highest BCUT2D eigenvalue weighted by Gasteiger charge is 2.09. The number of rotatable bonds is 3. The normalized spacial score (nSPS) is 10.3. The number of hydrogen-bond acceptors (Lipinski definition) is 4. The van der Waals surface area contributed by atoms with Crippen LogP contribution in [0, 0.1) is 0 Å². The van der Waals surface area contributed by atoms with Crippen molar-refractivity contribution >= 4 is 17.3 Å². The Morgan fingerprint density at radius 3 is 3.00 bits per heavy atom. The van der Waals surface area contributed by atoms with Crippen molar-refractivity contribution in [1.29, 1.82) is 0 Å². The Kier molecular flexibility index (Phi) is 3.53. The molecule has 0 saturated carbocycles. The Morgan fingerprint density at radius 1 is 1.50 bits per heavy atom. The van der Waals surface area contributed by atoms with Crippen LogP contribution in [-0.4, -0.2) is 9.55 Å². The maximum absolute atomic E-state index is 11.9. The lowest BCUT2D eigenvalue weighted by atomic mass is 10.3. The van der Waals surface area contributed by atoms with Crippen molar-refractivity contribution < 1.29 is 4.74 Å². The molecular weight excluding hydrogens is 254 g/mol. The number of halogens is 1. The van der Waals surface area contributed by atoms with Gasteiger partial charge in [0.15, 0.2) is 0 Å². The van der Waals surface area contributed by atoms with Crippen LogP contribution in [0.25, 0.3) is 0 Å². The zero-order chi connectivity index (χ0) is 13.1. The molecule has 0 spiro atoms. The lowest BCUT2D eigenvalue weighted by Gasteiger charge is -2.08. The van der Waals surface area contributed by atoms with E-state index in [4.69, 9.17) is 22.1 Å². The topological polar surface area (TPSA) is 70.1 Å². The van der Waals surface area contributed by atoms with E-state index in [9.17, 15) is 4.79 Å². The molecule has 0 saturated heterocycles. The molecule has 0 unspecified atom stereocenters. The average Bonchev–Trinajstić information content (AvgIpc) is 2.36. The summed E-state index contributed by atoms with van der Waals surface area (Å²) in [6, 6.07) is 4.80. The van der Waals surface area contributed by atoms with E-state index in [-0.39, 0.29) is 11.4 Å². The molecule has 1 heterocycles. The molecule has 94 valence electrons. The Bertz CT molecular complexity index is 625. The SMILES string of the molecule is CCn1ccnc(Oc2cc(N)ccc2Cl)c1=O. The number of nitrogen functional groups attached to an aromatic ring is 1. The fourth-order valence-corrected chi connectivity index (χ4v) is 1.60. The second-order valence-corrected chi connectivity index (χ2v) is 4.02. The number of hydrogen-bond donors (Lipinski definition) is 1. The highest BCUT2D eigenvalue weighted by molar-refractivity contribution is 6.32. The van der Waals surface area contributed by atoms with Gasteiger partial charge in [-0.15, -0.1) is 0 Å². The number of aromatic nitrogens is 2. The van der Waals surface area contributed by atoms with Gasteiger partial charge < -0.3 is 15.0 Å². The summed E-state index contributed by atoms with van der Waals surface area (Å²) in [4.78, 5) is 15.8. The summed E-state index contributed by atoms with van der Waals surface area (Å²) in [6.45, 7) is 2.40. The van der Waals surface area contributed by atoms with Gasteiger partial charge in [0.05, 0.1) is 5.02 Å². The Balaban J connectivity index is 2.40. The van der Waals surface area contributed by atoms with Crippen LogP contribution in [0.2, 0.25) is 5.02 Å². The van der Waals surface area contributed by atoms with Crippen LogP contribution < -0.4 is 16.0 Å². The van der Waals surface area contributed by atoms with Gasteiger partial charge in [0.1, 0.15) is 5.75 Å². The van der Waals surface area contributed by atoms with Crippen molar-refractivity contribution in [3.05, 3.63) is 46.0 Å². The van der Waals surface area contributed by atoms with Gasteiger partial charge in [-0.1, -0.05) is 11.6 Å². The molecular formula is C12H12ClN3O2. The number of nitrogens with two attached hydrogens (primary N) is 1. The molecule has 0 atom stereocenters. The molecule has 18 heavy (non-hydrogen) atoms. The smallest absolute Gasteiger partial charge is 0.313 e. The fourth-order valence-electron chi connectivity index (χ4n) is 1.45. The predicted molar refractivity (Wildman–Crippen MR) is 70.1 cm³/mol. The summed E-state index contributed by atoms with van der Waals surface area (Å²) in [7, 11) is 0. The zero-order valence-corrected chi connectivity index (χ0v) is 10.5. The molecule has 6 heteroatoms. The van der Waals surface area contributed by atoms with E-state index in [0.29, 0.717) is 23.0 Å². The molecule has 0 aliphatic carbocycles. The maximum atomic E-state index is 11.9. The minimum absolute atomic E-state index is 0.0214. The van der Waals surface area contributed by atoms with Crippen LogP contribution >= 0.6 is 11.6 Å². The first kappa shape index (κ1) is 12.4. The first-order chi connectivity index (χ1) is 8.61. The van der Waals surface area contributed by atoms with Crippen LogP contribution in [-0.2, 0) is 6.54 Å². The molecule has 1 aromatic carbocycles. The van der Waals surface area contributed by atoms with Crippen molar-refractivity contribution in [1.82, 2.24) is 9.55 Å². The summed E-state index contributed by atoms with van der Waals surface area (Å²) < 4.78 is 6.90. The minimum Gasteiger partial charge on any atom is -0.433 e. The van der Waals surface area contributed by atoms with E-state index in [1.807, 2.05) is 6.92 Å². The van der Waals surface area contributed by atoms with Crippen LogP contribution in [0.5, 0.6) is 11.6 Å². The molecule has 2 N–H and O–H groups in total. The summed E-state index contributed by atoms with van der Waals surface area (Å²) >= 11 is 5.95. The number of benzene rings is 1.